The maximum Gasteiger partial charge on any atom is 0.332 e. The van der Waals surface area contributed by atoms with Crippen LogP contribution in [0.4, 0.5) is 5.95 Å². The number of rotatable bonds is 5. The maximum atomic E-state index is 11.9. The Morgan fingerprint density at radius 2 is 2.21 bits per heavy atom. The van der Waals surface area contributed by atoms with Gasteiger partial charge in [0.05, 0.1) is 0 Å². The fourth-order valence-corrected chi connectivity index (χ4v) is 1.96. The number of carboxylic acid groups (broad SMARTS) is 1. The number of nitrogens with zero attached hydrogens (tertiary/aromatic N) is 3. The van der Waals surface area contributed by atoms with Crippen LogP contribution in [0, 0.1) is 0 Å². The van der Waals surface area contributed by atoms with Gasteiger partial charge in [0.25, 0.3) is 5.91 Å². The molecule has 1 aliphatic heterocycles. The first-order chi connectivity index (χ1) is 9.18. The van der Waals surface area contributed by atoms with E-state index in [2.05, 4.69) is 20.3 Å². The molecule has 0 radical (unpaired) electrons. The topological polar surface area (TPSA) is 105 Å². The second-order valence-corrected chi connectivity index (χ2v) is 4.05. The number of hydrogen-bond acceptors (Lipinski definition) is 6. The number of hydrogen-bond donors (Lipinski definition) is 2. The summed E-state index contributed by atoms with van der Waals surface area (Å²) in [6, 6.07) is 1.26. The van der Waals surface area contributed by atoms with Crippen LogP contribution in [-0.2, 0) is 14.4 Å². The normalized spacial score (nSPS) is 18.3. The lowest BCUT2D eigenvalue weighted by Crippen LogP contribution is -2.44. The molecular weight excluding hydrogens is 252 g/mol. The molecular formula is C11H14N4O4. The summed E-state index contributed by atoms with van der Waals surface area (Å²) in [6.07, 6.45) is 4.71. The van der Waals surface area contributed by atoms with E-state index in [9.17, 15) is 9.59 Å². The van der Waals surface area contributed by atoms with Crippen molar-refractivity contribution < 1.29 is 19.5 Å². The van der Waals surface area contributed by atoms with Crippen molar-refractivity contribution in [1.29, 1.82) is 0 Å². The fourth-order valence-electron chi connectivity index (χ4n) is 1.96. The van der Waals surface area contributed by atoms with Crippen LogP contribution in [0.25, 0.3) is 0 Å². The van der Waals surface area contributed by atoms with Gasteiger partial charge in [0.15, 0.2) is 6.61 Å². The Kier molecular flexibility index (Phi) is 4.24. The molecule has 1 atom stereocenters. The molecule has 2 rings (SSSR count). The number of anilines is 1. The highest BCUT2D eigenvalue weighted by Crippen LogP contribution is 2.21. The summed E-state index contributed by atoms with van der Waals surface area (Å²) >= 11 is 0. The van der Waals surface area contributed by atoms with Gasteiger partial charge in [-0.3, -0.25) is 9.63 Å². The van der Waals surface area contributed by atoms with E-state index in [4.69, 9.17) is 5.11 Å². The van der Waals surface area contributed by atoms with Crippen LogP contribution in [0.5, 0.6) is 0 Å². The third kappa shape index (κ3) is 3.38. The first kappa shape index (κ1) is 13.2. The summed E-state index contributed by atoms with van der Waals surface area (Å²) in [5.74, 6) is -1.04. The van der Waals surface area contributed by atoms with Gasteiger partial charge < -0.3 is 10.0 Å². The van der Waals surface area contributed by atoms with E-state index in [-0.39, 0.29) is 5.91 Å². The maximum absolute atomic E-state index is 11.9. The van der Waals surface area contributed by atoms with Crippen LogP contribution in [0.15, 0.2) is 18.5 Å². The quantitative estimate of drug-likeness (QED) is 0.697. The lowest BCUT2D eigenvalue weighted by molar-refractivity contribution is -0.149. The third-order valence-corrected chi connectivity index (χ3v) is 2.73. The number of nitrogens with one attached hydrogen (secondary N) is 1. The number of aliphatic carboxylic acids is 1. The first-order valence-corrected chi connectivity index (χ1v) is 5.85. The predicted octanol–water partition coefficient (Wildman–Crippen LogP) is -0.422. The smallest absolute Gasteiger partial charge is 0.332 e. The Balaban J connectivity index is 1.95. The highest BCUT2D eigenvalue weighted by molar-refractivity contribution is 5.84. The molecule has 1 aliphatic rings. The highest BCUT2D eigenvalue weighted by atomic mass is 16.7. The van der Waals surface area contributed by atoms with Crippen molar-refractivity contribution >= 4 is 17.8 Å². The zero-order valence-corrected chi connectivity index (χ0v) is 10.2. The number of hydroxylamine groups is 1. The van der Waals surface area contributed by atoms with E-state index in [1.165, 1.54) is 0 Å². The van der Waals surface area contributed by atoms with E-state index in [1.54, 1.807) is 23.4 Å². The predicted molar refractivity (Wildman–Crippen MR) is 64.1 cm³/mol. The summed E-state index contributed by atoms with van der Waals surface area (Å²) in [5, 5.41) is 8.41. The Morgan fingerprint density at radius 1 is 1.47 bits per heavy atom. The van der Waals surface area contributed by atoms with Crippen molar-refractivity contribution in [1.82, 2.24) is 15.4 Å². The van der Waals surface area contributed by atoms with Gasteiger partial charge in [0.1, 0.15) is 6.04 Å². The molecule has 1 aromatic heterocycles. The zero-order valence-electron chi connectivity index (χ0n) is 10.2. The van der Waals surface area contributed by atoms with Gasteiger partial charge in [-0.25, -0.2) is 20.2 Å². The van der Waals surface area contributed by atoms with E-state index < -0.39 is 18.6 Å². The molecule has 102 valence electrons. The van der Waals surface area contributed by atoms with Crippen LogP contribution in [0.3, 0.4) is 0 Å². The van der Waals surface area contributed by atoms with E-state index in [0.717, 1.165) is 6.42 Å². The molecule has 1 saturated heterocycles. The number of carboxylic acids is 1. The number of amides is 1. The average Bonchev–Trinajstić information content (AvgIpc) is 2.88. The highest BCUT2D eigenvalue weighted by Gasteiger charge is 2.32. The van der Waals surface area contributed by atoms with Crippen molar-refractivity contribution in [2.24, 2.45) is 0 Å². The molecule has 0 aromatic carbocycles. The lowest BCUT2D eigenvalue weighted by atomic mass is 10.2. The molecule has 1 aromatic rings. The molecule has 19 heavy (non-hydrogen) atoms. The van der Waals surface area contributed by atoms with Gasteiger partial charge in [0, 0.05) is 18.9 Å². The minimum absolute atomic E-state index is 0.383. The van der Waals surface area contributed by atoms with E-state index in [1.807, 2.05) is 0 Å². The largest absolute Gasteiger partial charge is 0.479 e. The van der Waals surface area contributed by atoms with Crippen molar-refractivity contribution in [2.75, 3.05) is 18.1 Å². The van der Waals surface area contributed by atoms with Gasteiger partial charge in [-0.1, -0.05) is 0 Å². The van der Waals surface area contributed by atoms with Crippen molar-refractivity contribution in [3.05, 3.63) is 18.5 Å². The van der Waals surface area contributed by atoms with E-state index >= 15 is 0 Å². The van der Waals surface area contributed by atoms with Crippen LogP contribution >= 0.6 is 0 Å². The lowest BCUT2D eigenvalue weighted by Gasteiger charge is -2.23. The van der Waals surface area contributed by atoms with Crippen LogP contribution in [0.2, 0.25) is 0 Å². The van der Waals surface area contributed by atoms with Gasteiger partial charge >= 0.3 is 5.97 Å². The second-order valence-electron chi connectivity index (χ2n) is 4.05. The summed E-state index contributed by atoms with van der Waals surface area (Å²) in [6.45, 7) is 0.112. The first-order valence-electron chi connectivity index (χ1n) is 5.85. The van der Waals surface area contributed by atoms with Crippen molar-refractivity contribution in [3.8, 4) is 0 Å². The van der Waals surface area contributed by atoms with Crippen LogP contribution < -0.4 is 10.4 Å². The molecule has 1 amide bonds. The van der Waals surface area contributed by atoms with Gasteiger partial charge in [-0.2, -0.15) is 0 Å². The molecule has 1 unspecified atom stereocenters. The molecule has 8 heteroatoms. The standard InChI is InChI=1S/C11H14N4O4/c16-9(17)7-19-14-10(18)8-3-1-6-15(8)11-12-4-2-5-13-11/h2,4-5,8H,1,3,6-7H2,(H,14,18)(H,16,17). The van der Waals surface area contributed by atoms with Crippen LogP contribution in [-0.4, -0.2) is 46.1 Å². The van der Waals surface area contributed by atoms with Gasteiger partial charge in [0.2, 0.25) is 5.95 Å². The number of aromatic nitrogens is 2. The summed E-state index contributed by atoms with van der Waals surface area (Å²) in [5.41, 5.74) is 2.14. The zero-order chi connectivity index (χ0) is 13.7. The van der Waals surface area contributed by atoms with Gasteiger partial charge in [-0.05, 0) is 18.9 Å². The third-order valence-electron chi connectivity index (χ3n) is 2.73. The van der Waals surface area contributed by atoms with Crippen molar-refractivity contribution in [3.63, 3.8) is 0 Å². The van der Waals surface area contributed by atoms with Crippen LogP contribution in [0.1, 0.15) is 12.8 Å². The molecule has 0 saturated carbocycles. The molecule has 2 heterocycles. The Morgan fingerprint density at radius 3 is 2.89 bits per heavy atom. The second kappa shape index (κ2) is 6.10. The number of carbonyl (C=O) groups is 2. The Bertz CT molecular complexity index is 453. The summed E-state index contributed by atoms with van der Waals surface area (Å²) < 4.78 is 0. The molecule has 0 spiro atoms. The average molecular weight is 266 g/mol. The fraction of sp³-hybridized carbons (Fsp3) is 0.455. The van der Waals surface area contributed by atoms with Crippen molar-refractivity contribution in [2.45, 2.75) is 18.9 Å². The number of carbonyl (C=O) groups excluding carboxylic acids is 1. The molecule has 8 nitrogen and oxygen atoms in total. The molecule has 1 fully saturated rings. The minimum atomic E-state index is -1.14. The van der Waals surface area contributed by atoms with E-state index in [0.29, 0.717) is 18.9 Å². The molecule has 0 bridgehead atoms. The monoisotopic (exact) mass is 266 g/mol. The van der Waals surface area contributed by atoms with Gasteiger partial charge in [-0.15, -0.1) is 0 Å². The molecule has 2 N–H and O–H groups in total. The SMILES string of the molecule is O=C(O)CONC(=O)C1CCCN1c1ncccn1. The summed E-state index contributed by atoms with van der Waals surface area (Å²) in [4.78, 5) is 36.7. The Labute approximate surface area is 109 Å². The minimum Gasteiger partial charge on any atom is -0.479 e. The molecule has 0 aliphatic carbocycles. The Hall–Kier alpha value is -2.22. The summed E-state index contributed by atoms with van der Waals surface area (Å²) in [7, 11) is 0.